The second-order valence-corrected chi connectivity index (χ2v) is 8.69. The van der Waals surface area contributed by atoms with Gasteiger partial charge >= 0.3 is 0 Å². The zero-order valence-electron chi connectivity index (χ0n) is 17.9. The number of methoxy groups -OCH3 is 1. The molecule has 1 atom stereocenters. The summed E-state index contributed by atoms with van der Waals surface area (Å²) in [7, 11) is 1.62. The second kappa shape index (κ2) is 10.5. The number of hydrogen-bond acceptors (Lipinski definition) is 6. The van der Waals surface area contributed by atoms with Crippen molar-refractivity contribution in [2.45, 2.75) is 58.4 Å². The van der Waals surface area contributed by atoms with E-state index in [1.54, 1.807) is 7.11 Å². The van der Waals surface area contributed by atoms with Crippen LogP contribution in [0, 0.1) is 5.92 Å². The van der Waals surface area contributed by atoms with Crippen LogP contribution in [0.5, 0.6) is 5.75 Å². The molecule has 30 heavy (non-hydrogen) atoms. The lowest BCUT2D eigenvalue weighted by atomic mass is 10.0. The van der Waals surface area contributed by atoms with Gasteiger partial charge < -0.3 is 15.0 Å². The van der Waals surface area contributed by atoms with E-state index < -0.39 is 0 Å². The van der Waals surface area contributed by atoms with Crippen molar-refractivity contribution in [2.75, 3.05) is 19.0 Å². The Kier molecular flexibility index (Phi) is 7.79. The topological polar surface area (TPSA) is 84.4 Å². The second-order valence-electron chi connectivity index (χ2n) is 7.71. The Bertz CT molecular complexity index is 864. The number of hydrogen-bond donors (Lipinski definition) is 1. The van der Waals surface area contributed by atoms with Crippen molar-refractivity contribution in [1.29, 1.82) is 0 Å². The summed E-state index contributed by atoms with van der Waals surface area (Å²) < 4.78 is 5.24. The molecule has 7 nitrogen and oxygen atoms in total. The van der Waals surface area contributed by atoms with Crippen molar-refractivity contribution in [3.63, 3.8) is 0 Å². The van der Waals surface area contributed by atoms with Crippen molar-refractivity contribution < 1.29 is 14.3 Å². The molecule has 8 heteroatoms. The van der Waals surface area contributed by atoms with Crippen LogP contribution < -0.4 is 10.1 Å². The first-order valence-electron chi connectivity index (χ1n) is 10.6. The molecule has 0 bridgehead atoms. The number of aromatic nitrogens is 2. The first kappa shape index (κ1) is 22.2. The number of amides is 2. The van der Waals surface area contributed by atoms with Gasteiger partial charge in [0, 0.05) is 30.5 Å². The van der Waals surface area contributed by atoms with Gasteiger partial charge in [0.15, 0.2) is 0 Å². The number of rotatable bonds is 9. The standard InChI is InChI=1S/C22H30N4O3S/c1-4-15(2)26(21(28)16-8-5-6-9-16)13-12-19(27)23-22-25-24-20(30-22)17-10-7-11-18(14-17)29-3/h7,10-11,14-16H,4-6,8-9,12-13H2,1-3H3,(H,23,25,27)/t15-/m1/s1. The van der Waals surface area contributed by atoms with Gasteiger partial charge in [0.1, 0.15) is 10.8 Å². The van der Waals surface area contributed by atoms with Gasteiger partial charge in [0.25, 0.3) is 0 Å². The summed E-state index contributed by atoms with van der Waals surface area (Å²) in [6.07, 6.45) is 5.30. The predicted octanol–water partition coefficient (Wildman–Crippen LogP) is 4.36. The third kappa shape index (κ3) is 5.56. The van der Waals surface area contributed by atoms with Crippen molar-refractivity contribution in [3.05, 3.63) is 24.3 Å². The lowest BCUT2D eigenvalue weighted by molar-refractivity contribution is -0.137. The summed E-state index contributed by atoms with van der Waals surface area (Å²) >= 11 is 1.32. The number of carbonyl (C=O) groups is 2. The highest BCUT2D eigenvalue weighted by Gasteiger charge is 2.29. The molecule has 1 fully saturated rings. The lowest BCUT2D eigenvalue weighted by Gasteiger charge is -2.30. The minimum atomic E-state index is -0.157. The van der Waals surface area contributed by atoms with Gasteiger partial charge in [-0.25, -0.2) is 0 Å². The van der Waals surface area contributed by atoms with Gasteiger partial charge in [-0.2, -0.15) is 0 Å². The first-order chi connectivity index (χ1) is 14.5. The van der Waals surface area contributed by atoms with Crippen LogP contribution in [0.25, 0.3) is 10.6 Å². The van der Waals surface area contributed by atoms with Crippen LogP contribution in [-0.4, -0.2) is 46.6 Å². The van der Waals surface area contributed by atoms with E-state index in [-0.39, 0.29) is 30.2 Å². The Hall–Kier alpha value is -2.48. The Morgan fingerprint density at radius 2 is 2.07 bits per heavy atom. The summed E-state index contributed by atoms with van der Waals surface area (Å²) in [6, 6.07) is 7.69. The number of anilines is 1. The molecule has 162 valence electrons. The first-order valence-corrected chi connectivity index (χ1v) is 11.4. The van der Waals surface area contributed by atoms with Gasteiger partial charge in [-0.05, 0) is 38.3 Å². The SMILES string of the molecule is CC[C@@H](C)N(CCC(=O)Nc1nnc(-c2cccc(OC)c2)s1)C(=O)C1CCCC1. The highest BCUT2D eigenvalue weighted by molar-refractivity contribution is 7.18. The molecule has 1 aliphatic rings. The van der Waals surface area contributed by atoms with E-state index in [4.69, 9.17) is 4.74 Å². The minimum Gasteiger partial charge on any atom is -0.497 e. The molecule has 1 heterocycles. The average Bonchev–Trinajstić information content (AvgIpc) is 3.46. The number of benzene rings is 1. The van der Waals surface area contributed by atoms with Crippen molar-refractivity contribution in [1.82, 2.24) is 15.1 Å². The van der Waals surface area contributed by atoms with Crippen LogP contribution in [-0.2, 0) is 9.59 Å². The molecule has 0 radical (unpaired) electrons. The van der Waals surface area contributed by atoms with Gasteiger partial charge in [-0.3, -0.25) is 9.59 Å². The van der Waals surface area contributed by atoms with Crippen LogP contribution in [0.3, 0.4) is 0 Å². The van der Waals surface area contributed by atoms with E-state index in [1.165, 1.54) is 11.3 Å². The average molecular weight is 431 g/mol. The monoisotopic (exact) mass is 430 g/mol. The maximum absolute atomic E-state index is 12.9. The summed E-state index contributed by atoms with van der Waals surface area (Å²) in [5, 5.41) is 12.2. The summed E-state index contributed by atoms with van der Waals surface area (Å²) in [6.45, 7) is 4.55. The fourth-order valence-electron chi connectivity index (χ4n) is 3.73. The summed E-state index contributed by atoms with van der Waals surface area (Å²) in [5.41, 5.74) is 0.887. The molecule has 3 rings (SSSR count). The molecule has 0 spiro atoms. The zero-order valence-corrected chi connectivity index (χ0v) is 18.7. The molecule has 1 aliphatic carbocycles. The number of nitrogens with zero attached hydrogens (tertiary/aromatic N) is 3. The molecular formula is C22H30N4O3S. The third-order valence-corrected chi connectivity index (χ3v) is 6.57. The van der Waals surface area contributed by atoms with Gasteiger partial charge in [-0.1, -0.05) is 43.2 Å². The van der Waals surface area contributed by atoms with Crippen molar-refractivity contribution >= 4 is 28.3 Å². The molecule has 0 unspecified atom stereocenters. The molecule has 1 aromatic carbocycles. The van der Waals surface area contributed by atoms with Gasteiger partial charge in [-0.15, -0.1) is 10.2 Å². The Balaban J connectivity index is 1.57. The lowest BCUT2D eigenvalue weighted by Crippen LogP contribution is -2.43. The largest absolute Gasteiger partial charge is 0.497 e. The smallest absolute Gasteiger partial charge is 0.227 e. The van der Waals surface area contributed by atoms with E-state index in [9.17, 15) is 9.59 Å². The quantitative estimate of drug-likeness (QED) is 0.639. The molecular weight excluding hydrogens is 400 g/mol. The fraction of sp³-hybridized carbons (Fsp3) is 0.545. The maximum atomic E-state index is 12.9. The molecule has 0 saturated heterocycles. The van der Waals surface area contributed by atoms with Crippen molar-refractivity contribution in [2.24, 2.45) is 5.92 Å². The Labute approximate surface area is 181 Å². The fourth-order valence-corrected chi connectivity index (χ4v) is 4.48. The minimum absolute atomic E-state index is 0.121. The van der Waals surface area contributed by atoms with Crippen LogP contribution in [0.2, 0.25) is 0 Å². The molecule has 1 N–H and O–H groups in total. The summed E-state index contributed by atoms with van der Waals surface area (Å²) in [5.74, 6) is 0.905. The highest BCUT2D eigenvalue weighted by Crippen LogP contribution is 2.29. The maximum Gasteiger partial charge on any atom is 0.227 e. The van der Waals surface area contributed by atoms with Crippen LogP contribution in [0.1, 0.15) is 52.4 Å². The van der Waals surface area contributed by atoms with Gasteiger partial charge in [0.05, 0.1) is 7.11 Å². The number of carbonyl (C=O) groups excluding carboxylic acids is 2. The molecule has 1 aromatic heterocycles. The van der Waals surface area contributed by atoms with Crippen LogP contribution >= 0.6 is 11.3 Å². The predicted molar refractivity (Wildman–Crippen MR) is 119 cm³/mol. The van der Waals surface area contributed by atoms with Crippen molar-refractivity contribution in [3.8, 4) is 16.3 Å². The Morgan fingerprint density at radius 3 is 2.77 bits per heavy atom. The number of nitrogens with one attached hydrogen (secondary N) is 1. The molecule has 0 aliphatic heterocycles. The van der Waals surface area contributed by atoms with Crippen LogP contribution in [0.4, 0.5) is 5.13 Å². The van der Waals surface area contributed by atoms with E-state index in [1.807, 2.05) is 29.2 Å². The van der Waals surface area contributed by atoms with Gasteiger partial charge in [0.2, 0.25) is 16.9 Å². The van der Waals surface area contributed by atoms with Crippen LogP contribution in [0.15, 0.2) is 24.3 Å². The molecule has 2 aromatic rings. The molecule has 2 amide bonds. The molecule has 1 saturated carbocycles. The zero-order chi connectivity index (χ0) is 21.5. The number of ether oxygens (including phenoxy) is 1. The van der Waals surface area contributed by atoms with E-state index in [0.717, 1.165) is 43.4 Å². The Morgan fingerprint density at radius 1 is 1.30 bits per heavy atom. The third-order valence-electron chi connectivity index (χ3n) is 5.68. The van der Waals surface area contributed by atoms with E-state index in [0.29, 0.717) is 16.7 Å². The summed E-state index contributed by atoms with van der Waals surface area (Å²) in [4.78, 5) is 27.3. The van der Waals surface area contributed by atoms with E-state index >= 15 is 0 Å². The highest BCUT2D eigenvalue weighted by atomic mass is 32.1. The normalized spacial score (nSPS) is 15.0. The van der Waals surface area contributed by atoms with E-state index in [2.05, 4.69) is 29.4 Å².